The summed E-state index contributed by atoms with van der Waals surface area (Å²) in [5.41, 5.74) is -0.817. The zero-order valence-corrected chi connectivity index (χ0v) is 10.7. The monoisotopic (exact) mass is 239 g/mol. The molecule has 0 unspecified atom stereocenters. The fourth-order valence-corrected chi connectivity index (χ4v) is 0.921. The van der Waals surface area contributed by atoms with Gasteiger partial charge in [-0.3, -0.25) is 10.1 Å². The molecule has 7 heteroatoms. The minimum atomic E-state index is -1.18. The summed E-state index contributed by atoms with van der Waals surface area (Å²) in [6.07, 6.45) is -1.08. The average Bonchev–Trinajstić information content (AvgIpc) is 2.17. The molecule has 0 aliphatic heterocycles. The van der Waals surface area contributed by atoms with Crippen molar-refractivity contribution in [3.8, 4) is 0 Å². The van der Waals surface area contributed by atoms with Crippen molar-refractivity contribution in [1.82, 2.24) is 5.32 Å². The Kier molecular flexibility index (Phi) is 6.17. The van der Waals surface area contributed by atoms with Crippen LogP contribution in [0.5, 0.6) is 0 Å². The van der Waals surface area contributed by atoms with Crippen LogP contribution in [0.2, 0.25) is 0 Å². The molecule has 0 radical (unpaired) electrons. The Balaban J connectivity index is 0. The van der Waals surface area contributed by atoms with Gasteiger partial charge in [0.15, 0.2) is 0 Å². The summed E-state index contributed by atoms with van der Waals surface area (Å²) in [4.78, 5) is 21.8. The van der Waals surface area contributed by atoms with Gasteiger partial charge in [-0.1, -0.05) is 6.07 Å². The van der Waals surface area contributed by atoms with Crippen molar-refractivity contribution in [2.45, 2.75) is 0 Å². The van der Waals surface area contributed by atoms with Crippen LogP contribution < -0.4 is 34.9 Å². The number of ether oxygens (including phenoxy) is 1. The van der Waals surface area contributed by atoms with E-state index in [0.29, 0.717) is 0 Å². The maximum absolute atomic E-state index is 13.0. The first-order valence-corrected chi connectivity index (χ1v) is 3.89. The van der Waals surface area contributed by atoms with Gasteiger partial charge in [0, 0.05) is 0 Å². The van der Waals surface area contributed by atoms with Gasteiger partial charge < -0.3 is 6.16 Å². The SMILES string of the molecule is COC(=O)NC(=O)c1c(F)cccc1F.[H-].[Na+]. The Morgan fingerprint density at radius 1 is 1.31 bits per heavy atom. The smallest absolute Gasteiger partial charge is 1.00 e. The molecular weight excluding hydrogens is 231 g/mol. The Morgan fingerprint density at radius 3 is 2.25 bits per heavy atom. The minimum Gasteiger partial charge on any atom is -1.00 e. The number of imide groups is 1. The number of rotatable bonds is 1. The first-order valence-electron chi connectivity index (χ1n) is 3.89. The maximum atomic E-state index is 13.0. The molecule has 0 aliphatic carbocycles. The van der Waals surface area contributed by atoms with Crippen LogP contribution in [-0.4, -0.2) is 19.1 Å². The van der Waals surface area contributed by atoms with Crippen molar-refractivity contribution >= 4 is 12.0 Å². The zero-order chi connectivity index (χ0) is 11.4. The second-order valence-electron chi connectivity index (χ2n) is 2.54. The van der Waals surface area contributed by atoms with Gasteiger partial charge in [-0.15, -0.1) is 0 Å². The van der Waals surface area contributed by atoms with E-state index in [1.165, 1.54) is 0 Å². The summed E-state index contributed by atoms with van der Waals surface area (Å²) in [5, 5.41) is 1.65. The molecule has 0 saturated carbocycles. The van der Waals surface area contributed by atoms with E-state index in [9.17, 15) is 18.4 Å². The summed E-state index contributed by atoms with van der Waals surface area (Å²) >= 11 is 0. The number of benzene rings is 1. The Labute approximate surface area is 114 Å². The van der Waals surface area contributed by atoms with Crippen molar-refractivity contribution in [3.05, 3.63) is 35.4 Å². The molecule has 1 aromatic rings. The maximum Gasteiger partial charge on any atom is 1.00 e. The van der Waals surface area contributed by atoms with Crippen LogP contribution in [-0.2, 0) is 4.74 Å². The van der Waals surface area contributed by atoms with Crippen molar-refractivity contribution in [1.29, 1.82) is 0 Å². The molecule has 82 valence electrons. The van der Waals surface area contributed by atoms with Gasteiger partial charge in [-0.2, -0.15) is 0 Å². The number of carbonyl (C=O) groups excluding carboxylic acids is 2. The number of nitrogens with one attached hydrogen (secondary N) is 1. The van der Waals surface area contributed by atoms with E-state index < -0.39 is 29.2 Å². The van der Waals surface area contributed by atoms with E-state index in [-0.39, 0.29) is 31.0 Å². The molecule has 0 aliphatic rings. The molecule has 1 rings (SSSR count). The van der Waals surface area contributed by atoms with Crippen molar-refractivity contribution in [3.63, 3.8) is 0 Å². The molecule has 0 spiro atoms. The van der Waals surface area contributed by atoms with Crippen LogP contribution in [0.4, 0.5) is 13.6 Å². The largest absolute Gasteiger partial charge is 1.00 e. The molecule has 0 saturated heterocycles. The van der Waals surface area contributed by atoms with E-state index in [1.807, 2.05) is 0 Å². The molecule has 0 heterocycles. The zero-order valence-electron chi connectivity index (χ0n) is 9.71. The number of alkyl carbamates (subject to hydrolysis) is 1. The van der Waals surface area contributed by atoms with Gasteiger partial charge in [-0.05, 0) is 12.1 Å². The molecule has 1 aromatic carbocycles. The number of carbonyl (C=O) groups is 2. The van der Waals surface area contributed by atoms with Gasteiger partial charge in [0.2, 0.25) is 0 Å². The van der Waals surface area contributed by atoms with Crippen molar-refractivity contribution < 1.29 is 54.1 Å². The topological polar surface area (TPSA) is 55.4 Å². The fourth-order valence-electron chi connectivity index (χ4n) is 0.921. The number of hydrogen-bond donors (Lipinski definition) is 1. The fraction of sp³-hybridized carbons (Fsp3) is 0.111. The Morgan fingerprint density at radius 2 is 1.81 bits per heavy atom. The quantitative estimate of drug-likeness (QED) is 0.612. The van der Waals surface area contributed by atoms with E-state index in [0.717, 1.165) is 25.3 Å². The minimum absolute atomic E-state index is 0. The summed E-state index contributed by atoms with van der Waals surface area (Å²) in [6, 6.07) is 2.93. The molecule has 4 nitrogen and oxygen atoms in total. The predicted octanol–water partition coefficient (Wildman–Crippen LogP) is -1.42. The second kappa shape index (κ2) is 6.57. The van der Waals surface area contributed by atoms with E-state index in [2.05, 4.69) is 4.74 Å². The van der Waals surface area contributed by atoms with E-state index in [4.69, 9.17) is 0 Å². The van der Waals surface area contributed by atoms with Gasteiger partial charge in [-0.25, -0.2) is 13.6 Å². The molecule has 1 N–H and O–H groups in total. The van der Waals surface area contributed by atoms with Crippen LogP contribution in [0.15, 0.2) is 18.2 Å². The molecule has 2 amide bonds. The number of halogens is 2. The molecule has 0 bridgehead atoms. The van der Waals surface area contributed by atoms with Crippen LogP contribution in [0.25, 0.3) is 0 Å². The van der Waals surface area contributed by atoms with E-state index >= 15 is 0 Å². The van der Waals surface area contributed by atoms with Gasteiger partial charge in [0.1, 0.15) is 17.2 Å². The van der Waals surface area contributed by atoms with Crippen molar-refractivity contribution in [2.75, 3.05) is 7.11 Å². The van der Waals surface area contributed by atoms with Crippen LogP contribution in [0, 0.1) is 11.6 Å². The molecular formula is C9H8F2NNaO3. The Hall–Kier alpha value is -0.980. The van der Waals surface area contributed by atoms with Gasteiger partial charge in [0.25, 0.3) is 5.91 Å². The van der Waals surface area contributed by atoms with E-state index in [1.54, 1.807) is 5.32 Å². The third-order valence-electron chi connectivity index (χ3n) is 1.59. The van der Waals surface area contributed by atoms with Gasteiger partial charge in [0.05, 0.1) is 7.11 Å². The van der Waals surface area contributed by atoms with Crippen molar-refractivity contribution in [2.24, 2.45) is 0 Å². The number of amides is 2. The van der Waals surface area contributed by atoms with Crippen LogP contribution >= 0.6 is 0 Å². The number of methoxy groups -OCH3 is 1. The van der Waals surface area contributed by atoms with Crippen LogP contribution in [0.3, 0.4) is 0 Å². The standard InChI is InChI=1S/C9H7F2NO3.Na.H/c1-15-9(14)12-8(13)7-5(10)3-2-4-6(7)11;;/h2-4H,1H3,(H,12,13,14);;/q;+1;-1. The van der Waals surface area contributed by atoms with Gasteiger partial charge >= 0.3 is 35.7 Å². The summed E-state index contributed by atoms with van der Waals surface area (Å²) in [6.45, 7) is 0. The normalized spacial score (nSPS) is 8.94. The first-order chi connectivity index (χ1) is 7.06. The average molecular weight is 239 g/mol. The molecule has 16 heavy (non-hydrogen) atoms. The third-order valence-corrected chi connectivity index (χ3v) is 1.59. The summed E-state index contributed by atoms with van der Waals surface area (Å²) in [7, 11) is 1.03. The molecule has 0 atom stereocenters. The van der Waals surface area contributed by atoms with Crippen LogP contribution in [0.1, 0.15) is 11.8 Å². The summed E-state index contributed by atoms with van der Waals surface area (Å²) < 4.78 is 30.1. The third kappa shape index (κ3) is 3.55. The number of hydrogen-bond acceptors (Lipinski definition) is 3. The predicted molar refractivity (Wildman–Crippen MR) is 47.3 cm³/mol. The first kappa shape index (κ1) is 15.0. The molecule has 0 aromatic heterocycles. The second-order valence-corrected chi connectivity index (χ2v) is 2.54. The summed E-state index contributed by atoms with van der Waals surface area (Å²) in [5.74, 6) is -3.27. The molecule has 0 fully saturated rings. The Bertz CT molecular complexity index is 397.